The van der Waals surface area contributed by atoms with Crippen LogP contribution in [0.4, 0.5) is 11.4 Å². The number of thiophene rings is 3. The van der Waals surface area contributed by atoms with Gasteiger partial charge in [0.2, 0.25) is 0 Å². The van der Waals surface area contributed by atoms with Gasteiger partial charge in [0.25, 0.3) is 0 Å². The summed E-state index contributed by atoms with van der Waals surface area (Å²) in [6.45, 7) is 8.81. The molecule has 0 spiro atoms. The minimum Gasteiger partial charge on any atom is -0.485 e. The van der Waals surface area contributed by atoms with Crippen molar-refractivity contribution < 1.29 is 19.0 Å². The van der Waals surface area contributed by atoms with E-state index in [9.17, 15) is 10.1 Å². The number of hydrogen-bond acceptors (Lipinski definition) is 9. The van der Waals surface area contributed by atoms with Gasteiger partial charge in [-0.2, -0.15) is 5.26 Å². The summed E-state index contributed by atoms with van der Waals surface area (Å²) in [7, 11) is 0. The summed E-state index contributed by atoms with van der Waals surface area (Å²) in [5.41, 5.74) is 5.13. The summed E-state index contributed by atoms with van der Waals surface area (Å²) < 4.78 is 20.1. The lowest BCUT2D eigenvalue weighted by Gasteiger charge is -2.68. The Bertz CT molecular complexity index is 2180. The fourth-order valence-electron chi connectivity index (χ4n) is 8.68. The molecule has 248 valence electrons. The maximum Gasteiger partial charge on any atom is 0.349 e. The zero-order valence-corrected chi connectivity index (χ0v) is 30.3. The molecule has 2 aliphatic heterocycles. The second-order valence-corrected chi connectivity index (χ2v) is 17.7. The first-order valence-electron chi connectivity index (χ1n) is 17.0. The Morgan fingerprint density at radius 1 is 1.02 bits per heavy atom. The number of nitriles is 1. The van der Waals surface area contributed by atoms with Crippen LogP contribution < -0.4 is 14.4 Å². The highest BCUT2D eigenvalue weighted by Gasteiger charge is 2.70. The summed E-state index contributed by atoms with van der Waals surface area (Å²) in [5, 5.41) is 9.62. The molecule has 3 aromatic heterocycles. The Morgan fingerprint density at radius 3 is 2.43 bits per heavy atom. The molecule has 0 N–H and O–H groups in total. The lowest BCUT2D eigenvalue weighted by atomic mass is 9.38. The predicted octanol–water partition coefficient (Wildman–Crippen LogP) is 10.8. The highest BCUT2D eigenvalue weighted by Crippen LogP contribution is 2.75. The lowest BCUT2D eigenvalue weighted by molar-refractivity contribution is -0.149. The van der Waals surface area contributed by atoms with Gasteiger partial charge in [0, 0.05) is 37.6 Å². The molecule has 4 atom stereocenters. The first-order chi connectivity index (χ1) is 23.7. The molecule has 4 aliphatic rings. The Labute approximate surface area is 298 Å². The Balaban J connectivity index is 1.02. The third kappa shape index (κ3) is 4.71. The van der Waals surface area contributed by atoms with Crippen LogP contribution in [0.25, 0.3) is 35.7 Å². The van der Waals surface area contributed by atoms with Crippen molar-refractivity contribution in [2.24, 2.45) is 11.3 Å². The summed E-state index contributed by atoms with van der Waals surface area (Å²) in [5.74, 6) is 2.44. The van der Waals surface area contributed by atoms with E-state index in [1.165, 1.54) is 36.2 Å². The smallest absolute Gasteiger partial charge is 0.349 e. The predicted molar refractivity (Wildman–Crippen MR) is 199 cm³/mol. The number of anilines is 2. The van der Waals surface area contributed by atoms with E-state index in [0.717, 1.165) is 51.9 Å². The SMILES string of the molecule is CCC12CCC1C1[C@@H]2c2ccccc2N1c1ccc(-c2sc(-c3cc4sc(/C=C(\C#N)C(=O)OC(C)(C)C)cc4s3)c3c2OCCO3)cc1. The Hall–Kier alpha value is -4.10. The molecule has 2 saturated carbocycles. The van der Waals surface area contributed by atoms with E-state index < -0.39 is 11.6 Å². The van der Waals surface area contributed by atoms with Crippen molar-refractivity contribution in [2.75, 3.05) is 18.1 Å². The molecule has 9 rings (SSSR count). The number of nitrogens with zero attached hydrogens (tertiary/aromatic N) is 2. The van der Waals surface area contributed by atoms with E-state index in [1.807, 2.05) is 12.1 Å². The fourth-order valence-corrected chi connectivity index (χ4v) is 12.3. The van der Waals surface area contributed by atoms with Crippen LogP contribution >= 0.6 is 34.0 Å². The first kappa shape index (κ1) is 30.9. The lowest BCUT2D eigenvalue weighted by Crippen LogP contribution is -2.66. The quantitative estimate of drug-likeness (QED) is 0.0995. The van der Waals surface area contributed by atoms with Gasteiger partial charge in [0.15, 0.2) is 11.5 Å². The van der Waals surface area contributed by atoms with Gasteiger partial charge in [0.1, 0.15) is 30.5 Å². The Morgan fingerprint density at radius 2 is 1.76 bits per heavy atom. The molecule has 2 aromatic carbocycles. The van der Waals surface area contributed by atoms with Crippen LogP contribution in [0.5, 0.6) is 11.5 Å². The molecule has 5 aromatic rings. The van der Waals surface area contributed by atoms with Gasteiger partial charge >= 0.3 is 5.97 Å². The Kier molecular flexibility index (Phi) is 7.07. The maximum absolute atomic E-state index is 12.5. The van der Waals surface area contributed by atoms with Crippen LogP contribution in [-0.2, 0) is 9.53 Å². The zero-order chi connectivity index (χ0) is 33.7. The summed E-state index contributed by atoms with van der Waals surface area (Å²) in [6, 6.07) is 24.9. The molecule has 0 saturated heterocycles. The molecule has 5 heterocycles. The number of esters is 1. The van der Waals surface area contributed by atoms with Crippen molar-refractivity contribution in [2.45, 2.75) is 64.5 Å². The van der Waals surface area contributed by atoms with Crippen LogP contribution in [0.1, 0.15) is 63.3 Å². The van der Waals surface area contributed by atoms with Crippen LogP contribution in [0.2, 0.25) is 0 Å². The number of fused-ring (bicyclic) bond motifs is 8. The van der Waals surface area contributed by atoms with Crippen molar-refractivity contribution in [3.63, 3.8) is 0 Å². The molecular weight excluding hydrogens is 669 g/mol. The first-order valence-corrected chi connectivity index (χ1v) is 19.4. The van der Waals surface area contributed by atoms with Crippen molar-refractivity contribution in [3.05, 3.63) is 76.7 Å². The average molecular weight is 705 g/mol. The number of benzene rings is 2. The number of carbonyl (C=O) groups excluding carboxylic acids is 1. The normalized spacial score (nSPS) is 23.6. The third-order valence-electron chi connectivity index (χ3n) is 10.8. The third-order valence-corrected chi connectivity index (χ3v) is 14.4. The number of para-hydroxylation sites is 1. The molecule has 9 heteroatoms. The molecule has 49 heavy (non-hydrogen) atoms. The molecule has 0 bridgehead atoms. The molecule has 0 radical (unpaired) electrons. The topological polar surface area (TPSA) is 71.8 Å². The van der Waals surface area contributed by atoms with Gasteiger partial charge in [-0.1, -0.05) is 37.3 Å². The van der Waals surface area contributed by atoms with Gasteiger partial charge in [-0.25, -0.2) is 4.79 Å². The second kappa shape index (κ2) is 11.2. The van der Waals surface area contributed by atoms with Gasteiger partial charge in [-0.15, -0.1) is 34.0 Å². The van der Waals surface area contributed by atoms with E-state index in [2.05, 4.69) is 66.4 Å². The minimum atomic E-state index is -0.665. The van der Waals surface area contributed by atoms with Crippen molar-refractivity contribution in [1.29, 1.82) is 5.26 Å². The highest BCUT2D eigenvalue weighted by atomic mass is 32.1. The molecule has 0 amide bonds. The standard InChI is InChI=1S/C40H36N2O4S3/c1-5-40-15-14-27(40)33-32(40)26-8-6-7-9-28(26)42(33)24-12-10-22(11-13-24)36-34-35(45-17-16-44-34)37(49-36)31-20-30-29(48-31)19-25(47-30)18-23(21-41)38(43)46-39(2,3)4/h6-13,18-20,27,32-33H,5,14-17H2,1-4H3/b23-18+/t27?,32-,33?,40?/m0/s1. The van der Waals surface area contributed by atoms with Crippen LogP contribution in [0, 0.1) is 22.7 Å². The number of rotatable bonds is 6. The monoisotopic (exact) mass is 704 g/mol. The zero-order valence-electron chi connectivity index (χ0n) is 27.9. The average Bonchev–Trinajstić information content (AvgIpc) is 3.82. The molecular formula is C40H36N2O4S3. The van der Waals surface area contributed by atoms with E-state index >= 15 is 0 Å². The van der Waals surface area contributed by atoms with Gasteiger partial charge in [0.05, 0.1) is 14.6 Å². The highest BCUT2D eigenvalue weighted by molar-refractivity contribution is 7.32. The molecule has 2 fully saturated rings. The van der Waals surface area contributed by atoms with E-state index in [4.69, 9.17) is 14.2 Å². The fraction of sp³-hybridized carbons (Fsp3) is 0.350. The van der Waals surface area contributed by atoms with Crippen LogP contribution in [0.3, 0.4) is 0 Å². The van der Waals surface area contributed by atoms with E-state index in [1.54, 1.807) is 60.9 Å². The van der Waals surface area contributed by atoms with Gasteiger partial charge in [-0.05, 0) is 98.9 Å². The number of carbonyl (C=O) groups is 1. The summed E-state index contributed by atoms with van der Waals surface area (Å²) >= 11 is 4.95. The number of ether oxygens (including phenoxy) is 3. The summed E-state index contributed by atoms with van der Waals surface area (Å²) in [6.07, 6.45) is 5.59. The van der Waals surface area contributed by atoms with Crippen molar-refractivity contribution in [1.82, 2.24) is 0 Å². The van der Waals surface area contributed by atoms with Gasteiger partial charge in [-0.3, -0.25) is 0 Å². The second-order valence-electron chi connectivity index (χ2n) is 14.5. The maximum atomic E-state index is 12.5. The van der Waals surface area contributed by atoms with E-state index in [0.29, 0.717) is 30.6 Å². The van der Waals surface area contributed by atoms with Gasteiger partial charge < -0.3 is 19.1 Å². The molecule has 2 aliphatic carbocycles. The molecule has 6 nitrogen and oxygen atoms in total. The van der Waals surface area contributed by atoms with Crippen molar-refractivity contribution >= 4 is 66.8 Å². The number of hydrogen-bond donors (Lipinski definition) is 0. The van der Waals surface area contributed by atoms with Crippen LogP contribution in [-0.4, -0.2) is 30.8 Å². The van der Waals surface area contributed by atoms with E-state index in [-0.39, 0.29) is 5.57 Å². The molecule has 3 unspecified atom stereocenters. The minimum absolute atomic E-state index is 0.00357. The largest absolute Gasteiger partial charge is 0.485 e. The van der Waals surface area contributed by atoms with Crippen LogP contribution in [0.15, 0.2) is 66.2 Å². The summed E-state index contributed by atoms with van der Waals surface area (Å²) in [4.78, 5) is 19.3. The van der Waals surface area contributed by atoms with Crippen molar-refractivity contribution in [3.8, 4) is 37.8 Å².